The van der Waals surface area contributed by atoms with Crippen molar-refractivity contribution in [2.45, 2.75) is 0 Å². The predicted molar refractivity (Wildman–Crippen MR) is 87.5 cm³/mol. The standard InChI is InChI=1S/C18H11ClN2O/c19-13-5-6-17-15(11-13)21-18(12-7-9-20-10-8-12)14-3-1-2-4-16(14)22-17/h1-11H. The SMILES string of the molecule is Clc1ccc2c(c1)N=C(c1ccncc1)c1ccccc1O2. The second kappa shape index (κ2) is 5.28. The van der Waals surface area contributed by atoms with E-state index in [1.807, 2.05) is 48.5 Å². The molecule has 2 heterocycles. The lowest BCUT2D eigenvalue weighted by atomic mass is 10.0. The van der Waals surface area contributed by atoms with E-state index in [2.05, 4.69) is 4.98 Å². The Bertz CT molecular complexity index is 875. The Balaban J connectivity index is 2.00. The second-order valence-electron chi connectivity index (χ2n) is 4.91. The van der Waals surface area contributed by atoms with Gasteiger partial charge >= 0.3 is 0 Å². The van der Waals surface area contributed by atoms with Crippen molar-refractivity contribution in [3.63, 3.8) is 0 Å². The molecule has 1 aromatic heterocycles. The highest BCUT2D eigenvalue weighted by molar-refractivity contribution is 6.31. The van der Waals surface area contributed by atoms with Crippen molar-refractivity contribution < 1.29 is 4.74 Å². The Morgan fingerprint density at radius 2 is 1.68 bits per heavy atom. The number of hydrogen-bond donors (Lipinski definition) is 0. The van der Waals surface area contributed by atoms with E-state index in [0.717, 1.165) is 28.3 Å². The van der Waals surface area contributed by atoms with Crippen LogP contribution in [-0.2, 0) is 0 Å². The highest BCUT2D eigenvalue weighted by Crippen LogP contribution is 2.39. The van der Waals surface area contributed by atoms with Crippen LogP contribution in [0.5, 0.6) is 11.5 Å². The number of benzene rings is 2. The molecule has 22 heavy (non-hydrogen) atoms. The summed E-state index contributed by atoms with van der Waals surface area (Å²) in [6.07, 6.45) is 3.51. The minimum atomic E-state index is 0.631. The van der Waals surface area contributed by atoms with Gasteiger partial charge in [0.05, 0.1) is 5.71 Å². The maximum Gasteiger partial charge on any atom is 0.153 e. The van der Waals surface area contributed by atoms with Crippen LogP contribution in [0.1, 0.15) is 11.1 Å². The van der Waals surface area contributed by atoms with E-state index in [0.29, 0.717) is 10.8 Å². The van der Waals surface area contributed by atoms with Crippen LogP contribution < -0.4 is 4.74 Å². The predicted octanol–water partition coefficient (Wildman–Crippen LogP) is 5.01. The van der Waals surface area contributed by atoms with Crippen molar-refractivity contribution in [1.82, 2.24) is 4.98 Å². The first-order valence-corrected chi connectivity index (χ1v) is 7.25. The highest BCUT2D eigenvalue weighted by atomic mass is 35.5. The number of aromatic nitrogens is 1. The fraction of sp³-hybridized carbons (Fsp3) is 0. The molecule has 0 spiro atoms. The molecule has 0 saturated heterocycles. The summed E-state index contributed by atoms with van der Waals surface area (Å²) >= 11 is 6.10. The van der Waals surface area contributed by atoms with Crippen LogP contribution in [0.25, 0.3) is 0 Å². The molecule has 0 N–H and O–H groups in total. The van der Waals surface area contributed by atoms with Gasteiger partial charge in [0.15, 0.2) is 5.75 Å². The monoisotopic (exact) mass is 306 g/mol. The van der Waals surface area contributed by atoms with E-state index in [1.54, 1.807) is 18.5 Å². The molecular formula is C18H11ClN2O. The van der Waals surface area contributed by atoms with E-state index in [9.17, 15) is 0 Å². The lowest BCUT2D eigenvalue weighted by molar-refractivity contribution is 0.485. The fourth-order valence-corrected chi connectivity index (χ4v) is 2.61. The van der Waals surface area contributed by atoms with Gasteiger partial charge in [-0.25, -0.2) is 4.99 Å². The van der Waals surface area contributed by atoms with Crippen LogP contribution in [0.4, 0.5) is 5.69 Å². The first-order valence-electron chi connectivity index (χ1n) is 6.87. The van der Waals surface area contributed by atoms with E-state index in [4.69, 9.17) is 21.3 Å². The number of para-hydroxylation sites is 1. The number of fused-ring (bicyclic) bond motifs is 2. The van der Waals surface area contributed by atoms with Gasteiger partial charge in [0.2, 0.25) is 0 Å². The van der Waals surface area contributed by atoms with Gasteiger partial charge in [0.25, 0.3) is 0 Å². The van der Waals surface area contributed by atoms with Gasteiger partial charge < -0.3 is 4.74 Å². The summed E-state index contributed by atoms with van der Waals surface area (Å²) in [5.74, 6) is 1.47. The normalized spacial score (nSPS) is 12.5. The molecule has 0 bridgehead atoms. The minimum Gasteiger partial charge on any atom is -0.454 e. The second-order valence-corrected chi connectivity index (χ2v) is 5.34. The zero-order chi connectivity index (χ0) is 14.9. The molecular weight excluding hydrogens is 296 g/mol. The van der Waals surface area contributed by atoms with Crippen LogP contribution in [0.15, 0.2) is 72.0 Å². The highest BCUT2D eigenvalue weighted by Gasteiger charge is 2.19. The molecule has 0 atom stereocenters. The summed E-state index contributed by atoms with van der Waals surface area (Å²) in [6.45, 7) is 0. The van der Waals surface area contributed by atoms with Crippen LogP contribution >= 0.6 is 11.6 Å². The van der Waals surface area contributed by atoms with Crippen molar-refractivity contribution in [2.75, 3.05) is 0 Å². The summed E-state index contributed by atoms with van der Waals surface area (Å²) in [6, 6.07) is 17.2. The van der Waals surface area contributed by atoms with E-state index in [-0.39, 0.29) is 0 Å². The molecule has 3 aromatic rings. The number of halogens is 1. The van der Waals surface area contributed by atoms with Gasteiger partial charge in [0.1, 0.15) is 11.4 Å². The Labute approximate surface area is 132 Å². The minimum absolute atomic E-state index is 0.631. The molecule has 0 saturated carbocycles. The third-order valence-corrected chi connectivity index (χ3v) is 3.70. The van der Waals surface area contributed by atoms with Crippen molar-refractivity contribution in [1.29, 1.82) is 0 Å². The van der Waals surface area contributed by atoms with E-state index >= 15 is 0 Å². The zero-order valence-corrected chi connectivity index (χ0v) is 12.3. The number of ether oxygens (including phenoxy) is 1. The fourth-order valence-electron chi connectivity index (χ4n) is 2.44. The number of nitrogens with zero attached hydrogens (tertiary/aromatic N) is 2. The summed E-state index contributed by atoms with van der Waals surface area (Å²) in [5, 5.41) is 0.631. The topological polar surface area (TPSA) is 34.5 Å². The molecule has 2 aromatic carbocycles. The van der Waals surface area contributed by atoms with Crippen LogP contribution in [0.3, 0.4) is 0 Å². The molecule has 106 valence electrons. The first kappa shape index (κ1) is 13.0. The maximum absolute atomic E-state index is 6.10. The van der Waals surface area contributed by atoms with E-state index in [1.165, 1.54) is 0 Å². The van der Waals surface area contributed by atoms with Crippen LogP contribution in [-0.4, -0.2) is 10.7 Å². The molecule has 1 aliphatic rings. The number of rotatable bonds is 1. The van der Waals surface area contributed by atoms with Crippen LogP contribution in [0, 0.1) is 0 Å². The summed E-state index contributed by atoms with van der Waals surface area (Å²) in [7, 11) is 0. The van der Waals surface area contributed by atoms with Crippen molar-refractivity contribution >= 4 is 23.0 Å². The maximum atomic E-state index is 6.10. The first-order chi connectivity index (χ1) is 10.8. The lowest BCUT2D eigenvalue weighted by Gasteiger charge is -2.09. The summed E-state index contributed by atoms with van der Waals surface area (Å²) < 4.78 is 6.02. The average molecular weight is 307 g/mol. The van der Waals surface area contributed by atoms with Crippen molar-refractivity contribution in [2.24, 2.45) is 4.99 Å². The van der Waals surface area contributed by atoms with Gasteiger partial charge in [-0.05, 0) is 42.5 Å². The Morgan fingerprint density at radius 1 is 0.864 bits per heavy atom. The molecule has 0 fully saturated rings. The lowest BCUT2D eigenvalue weighted by Crippen LogP contribution is -2.03. The van der Waals surface area contributed by atoms with Crippen molar-refractivity contribution in [3.05, 3.63) is 83.1 Å². The summed E-state index contributed by atoms with van der Waals surface area (Å²) in [4.78, 5) is 8.86. The molecule has 1 aliphatic heterocycles. The number of pyridine rings is 1. The summed E-state index contributed by atoms with van der Waals surface area (Å²) in [5.41, 5.74) is 3.49. The molecule has 0 aliphatic carbocycles. The number of hydrogen-bond acceptors (Lipinski definition) is 3. The molecule has 0 radical (unpaired) electrons. The van der Waals surface area contributed by atoms with Gasteiger partial charge in [-0.3, -0.25) is 4.98 Å². The smallest absolute Gasteiger partial charge is 0.153 e. The van der Waals surface area contributed by atoms with Gasteiger partial charge in [-0.15, -0.1) is 0 Å². The number of aliphatic imine (C=N–C) groups is 1. The quantitative estimate of drug-likeness (QED) is 0.495. The Morgan fingerprint density at radius 3 is 2.55 bits per heavy atom. The van der Waals surface area contributed by atoms with E-state index < -0.39 is 0 Å². The molecule has 0 amide bonds. The Hall–Kier alpha value is -2.65. The molecule has 4 rings (SSSR count). The largest absolute Gasteiger partial charge is 0.454 e. The third-order valence-electron chi connectivity index (χ3n) is 3.47. The average Bonchev–Trinajstić information content (AvgIpc) is 2.72. The zero-order valence-electron chi connectivity index (χ0n) is 11.5. The van der Waals surface area contributed by atoms with Crippen LogP contribution in [0.2, 0.25) is 5.02 Å². The van der Waals surface area contributed by atoms with Gasteiger partial charge in [-0.2, -0.15) is 0 Å². The van der Waals surface area contributed by atoms with Gasteiger partial charge in [0, 0.05) is 28.5 Å². The third kappa shape index (κ3) is 2.26. The molecule has 0 unspecified atom stereocenters. The molecule has 4 heteroatoms. The molecule has 3 nitrogen and oxygen atoms in total. The Kier molecular flexibility index (Phi) is 3.13. The van der Waals surface area contributed by atoms with Crippen molar-refractivity contribution in [3.8, 4) is 11.5 Å². The van der Waals surface area contributed by atoms with Gasteiger partial charge in [-0.1, -0.05) is 23.7 Å².